The molecule has 0 fully saturated rings. The summed E-state index contributed by atoms with van der Waals surface area (Å²) in [5.74, 6) is -0.108. The van der Waals surface area contributed by atoms with Gasteiger partial charge in [-0.3, -0.25) is 0 Å². The number of methoxy groups -OCH3 is 2. The second-order valence-electron chi connectivity index (χ2n) is 4.10. The van der Waals surface area contributed by atoms with Crippen molar-refractivity contribution < 1.29 is 14.3 Å². The molecule has 0 amide bonds. The summed E-state index contributed by atoms with van der Waals surface area (Å²) in [5.41, 5.74) is 6.54. The van der Waals surface area contributed by atoms with Crippen LogP contribution in [0.5, 0.6) is 5.75 Å². The summed E-state index contributed by atoms with van der Waals surface area (Å²) >= 11 is 6.16. The molecular weight excluding hydrogens is 294 g/mol. The van der Waals surface area contributed by atoms with E-state index in [1.54, 1.807) is 18.2 Å². The topological polar surface area (TPSA) is 90.3 Å². The number of esters is 1. The SMILES string of the molecule is COC(=O)c1c(N)c(C#N)cn1-c1cc(OC)ccc1Cl. The highest BCUT2D eigenvalue weighted by Gasteiger charge is 2.23. The first-order chi connectivity index (χ1) is 10.0. The minimum Gasteiger partial charge on any atom is -0.497 e. The molecule has 2 rings (SSSR count). The molecule has 0 radical (unpaired) electrons. The summed E-state index contributed by atoms with van der Waals surface area (Å²) in [6, 6.07) is 6.87. The van der Waals surface area contributed by atoms with Crippen molar-refractivity contribution in [2.45, 2.75) is 0 Å². The third-order valence-corrected chi connectivity index (χ3v) is 3.28. The van der Waals surface area contributed by atoms with E-state index in [4.69, 9.17) is 32.1 Å². The maximum atomic E-state index is 11.9. The number of rotatable bonds is 3. The highest BCUT2D eigenvalue weighted by atomic mass is 35.5. The molecule has 0 saturated carbocycles. The van der Waals surface area contributed by atoms with Gasteiger partial charge in [0.15, 0.2) is 5.69 Å². The molecule has 21 heavy (non-hydrogen) atoms. The van der Waals surface area contributed by atoms with Crippen LogP contribution in [0.15, 0.2) is 24.4 Å². The number of nitrogen functional groups attached to an aromatic ring is 1. The molecular formula is C14H12ClN3O3. The molecule has 1 aromatic heterocycles. The molecule has 0 aliphatic carbocycles. The number of hydrogen-bond acceptors (Lipinski definition) is 5. The number of benzene rings is 1. The monoisotopic (exact) mass is 305 g/mol. The van der Waals surface area contributed by atoms with Gasteiger partial charge in [0.1, 0.15) is 11.8 Å². The zero-order chi connectivity index (χ0) is 15.6. The van der Waals surface area contributed by atoms with E-state index in [0.29, 0.717) is 16.5 Å². The van der Waals surface area contributed by atoms with Gasteiger partial charge in [-0.15, -0.1) is 0 Å². The number of ether oxygens (including phenoxy) is 2. The fraction of sp³-hybridized carbons (Fsp3) is 0.143. The van der Waals surface area contributed by atoms with Crippen LogP contribution < -0.4 is 10.5 Å². The molecule has 0 bridgehead atoms. The van der Waals surface area contributed by atoms with Gasteiger partial charge < -0.3 is 19.8 Å². The third kappa shape index (κ3) is 2.51. The number of carbonyl (C=O) groups is 1. The average molecular weight is 306 g/mol. The molecule has 2 N–H and O–H groups in total. The lowest BCUT2D eigenvalue weighted by Gasteiger charge is -2.11. The van der Waals surface area contributed by atoms with E-state index in [-0.39, 0.29) is 16.9 Å². The van der Waals surface area contributed by atoms with E-state index in [1.807, 2.05) is 6.07 Å². The van der Waals surface area contributed by atoms with Gasteiger partial charge in [0.25, 0.3) is 0 Å². The van der Waals surface area contributed by atoms with Crippen LogP contribution in [0.2, 0.25) is 5.02 Å². The summed E-state index contributed by atoms with van der Waals surface area (Å²) in [4.78, 5) is 11.9. The van der Waals surface area contributed by atoms with Crippen molar-refractivity contribution in [1.29, 1.82) is 5.26 Å². The Morgan fingerprint density at radius 1 is 1.43 bits per heavy atom. The van der Waals surface area contributed by atoms with Gasteiger partial charge in [0.2, 0.25) is 0 Å². The van der Waals surface area contributed by atoms with Crippen LogP contribution in [0, 0.1) is 11.3 Å². The minimum absolute atomic E-state index is 0.0447. The Morgan fingerprint density at radius 2 is 2.14 bits per heavy atom. The Bertz CT molecular complexity index is 747. The maximum absolute atomic E-state index is 11.9. The largest absolute Gasteiger partial charge is 0.497 e. The molecule has 0 aliphatic heterocycles. The lowest BCUT2D eigenvalue weighted by molar-refractivity contribution is 0.0593. The number of hydrogen-bond donors (Lipinski definition) is 1. The first-order valence-corrected chi connectivity index (χ1v) is 6.24. The van der Waals surface area contributed by atoms with Gasteiger partial charge in [-0.2, -0.15) is 5.26 Å². The Balaban J connectivity index is 2.75. The Labute approximate surface area is 126 Å². The number of halogens is 1. The van der Waals surface area contributed by atoms with E-state index in [0.717, 1.165) is 0 Å². The highest BCUT2D eigenvalue weighted by molar-refractivity contribution is 6.32. The predicted octanol–water partition coefficient (Wildman–Crippen LogP) is 2.38. The molecule has 0 saturated heterocycles. The first kappa shape index (κ1) is 14.8. The second kappa shape index (κ2) is 5.77. The molecule has 0 unspecified atom stereocenters. The average Bonchev–Trinajstić information content (AvgIpc) is 2.83. The van der Waals surface area contributed by atoms with Crippen molar-refractivity contribution in [2.75, 3.05) is 20.0 Å². The van der Waals surface area contributed by atoms with E-state index in [1.165, 1.54) is 25.0 Å². The third-order valence-electron chi connectivity index (χ3n) is 2.96. The molecule has 6 nitrogen and oxygen atoms in total. The van der Waals surface area contributed by atoms with Crippen LogP contribution in [0.25, 0.3) is 5.69 Å². The van der Waals surface area contributed by atoms with Crippen LogP contribution >= 0.6 is 11.6 Å². The molecule has 0 aliphatic rings. The summed E-state index contributed by atoms with van der Waals surface area (Å²) < 4.78 is 11.3. The zero-order valence-corrected chi connectivity index (χ0v) is 12.1. The van der Waals surface area contributed by atoms with Crippen molar-refractivity contribution in [1.82, 2.24) is 4.57 Å². The highest BCUT2D eigenvalue weighted by Crippen LogP contribution is 2.31. The lowest BCUT2D eigenvalue weighted by Crippen LogP contribution is -2.11. The molecule has 0 spiro atoms. The number of nitriles is 1. The van der Waals surface area contributed by atoms with Gasteiger partial charge in [-0.1, -0.05) is 11.6 Å². The van der Waals surface area contributed by atoms with Crippen molar-refractivity contribution in [3.63, 3.8) is 0 Å². The Morgan fingerprint density at radius 3 is 2.71 bits per heavy atom. The van der Waals surface area contributed by atoms with Crippen LogP contribution in [0.1, 0.15) is 16.1 Å². The molecule has 108 valence electrons. The van der Waals surface area contributed by atoms with Crippen LogP contribution in [0.4, 0.5) is 5.69 Å². The fourth-order valence-corrected chi connectivity index (χ4v) is 2.12. The Kier molecular flexibility index (Phi) is 4.05. The maximum Gasteiger partial charge on any atom is 0.357 e. The molecule has 1 heterocycles. The van der Waals surface area contributed by atoms with Crippen molar-refractivity contribution in [2.24, 2.45) is 0 Å². The van der Waals surface area contributed by atoms with E-state index in [2.05, 4.69) is 0 Å². The molecule has 7 heteroatoms. The van der Waals surface area contributed by atoms with E-state index >= 15 is 0 Å². The van der Waals surface area contributed by atoms with Gasteiger partial charge >= 0.3 is 5.97 Å². The smallest absolute Gasteiger partial charge is 0.357 e. The minimum atomic E-state index is -0.659. The predicted molar refractivity (Wildman–Crippen MR) is 77.8 cm³/mol. The number of nitrogens with two attached hydrogens (primary N) is 1. The number of aromatic nitrogens is 1. The molecule has 1 aromatic carbocycles. The van der Waals surface area contributed by atoms with Crippen molar-refractivity contribution >= 4 is 23.3 Å². The van der Waals surface area contributed by atoms with Gasteiger partial charge in [-0.25, -0.2) is 4.79 Å². The molecule has 2 aromatic rings. The van der Waals surface area contributed by atoms with Gasteiger partial charge in [0, 0.05) is 12.3 Å². The van der Waals surface area contributed by atoms with Gasteiger partial charge in [-0.05, 0) is 12.1 Å². The first-order valence-electron chi connectivity index (χ1n) is 5.86. The van der Waals surface area contributed by atoms with E-state index < -0.39 is 5.97 Å². The van der Waals surface area contributed by atoms with Crippen LogP contribution in [-0.4, -0.2) is 24.8 Å². The summed E-state index contributed by atoms with van der Waals surface area (Å²) in [5, 5.41) is 9.45. The van der Waals surface area contributed by atoms with Gasteiger partial charge in [0.05, 0.1) is 36.2 Å². The summed E-state index contributed by atoms with van der Waals surface area (Å²) in [6.07, 6.45) is 1.43. The number of carbonyl (C=O) groups excluding carboxylic acids is 1. The van der Waals surface area contributed by atoms with E-state index in [9.17, 15) is 4.79 Å². The Hall–Kier alpha value is -2.65. The van der Waals surface area contributed by atoms with Crippen LogP contribution in [-0.2, 0) is 4.74 Å². The van der Waals surface area contributed by atoms with Crippen molar-refractivity contribution in [3.8, 4) is 17.5 Å². The second-order valence-corrected chi connectivity index (χ2v) is 4.50. The lowest BCUT2D eigenvalue weighted by atomic mass is 10.2. The summed E-state index contributed by atoms with van der Waals surface area (Å²) in [7, 11) is 2.75. The fourth-order valence-electron chi connectivity index (χ4n) is 1.91. The van der Waals surface area contributed by atoms with Crippen molar-refractivity contribution in [3.05, 3.63) is 40.7 Å². The number of nitrogens with zero attached hydrogens (tertiary/aromatic N) is 2. The number of anilines is 1. The molecule has 0 atom stereocenters. The standard InChI is InChI=1S/C14H12ClN3O3/c1-20-9-3-4-10(15)11(5-9)18-7-8(6-16)12(17)13(18)14(19)21-2/h3-5,7H,17H2,1-2H3. The zero-order valence-electron chi connectivity index (χ0n) is 11.4. The summed E-state index contributed by atoms with van der Waals surface area (Å²) in [6.45, 7) is 0. The quantitative estimate of drug-likeness (QED) is 0.879. The van der Waals surface area contributed by atoms with Crippen LogP contribution in [0.3, 0.4) is 0 Å². The normalized spacial score (nSPS) is 10.0.